The highest BCUT2D eigenvalue weighted by Gasteiger charge is 2.13. The monoisotopic (exact) mass is 413 g/mol. The molecule has 0 aliphatic rings. The molecular formula is C16H16BrNO3S2. The first-order chi connectivity index (χ1) is 10.9. The van der Waals surface area contributed by atoms with Gasteiger partial charge in [-0.15, -0.1) is 11.3 Å². The molecule has 0 aliphatic heterocycles. The first-order valence-corrected chi connectivity index (χ1v) is 10.1. The third kappa shape index (κ3) is 5.10. The van der Waals surface area contributed by atoms with Crippen molar-refractivity contribution >= 4 is 49.1 Å². The molecule has 0 aliphatic carbocycles. The van der Waals surface area contributed by atoms with E-state index in [4.69, 9.17) is 0 Å². The predicted octanol–water partition coefficient (Wildman–Crippen LogP) is 4.10. The molecular weight excluding hydrogens is 398 g/mol. The van der Waals surface area contributed by atoms with Gasteiger partial charge in [0.2, 0.25) is 10.0 Å². The third-order valence-corrected chi connectivity index (χ3v) is 6.05. The minimum atomic E-state index is -3.50. The van der Waals surface area contributed by atoms with Crippen molar-refractivity contribution in [1.82, 2.24) is 4.72 Å². The Balaban J connectivity index is 2.10. The van der Waals surface area contributed by atoms with Gasteiger partial charge < -0.3 is 0 Å². The second-order valence-electron chi connectivity index (χ2n) is 4.76. The summed E-state index contributed by atoms with van der Waals surface area (Å²) in [4.78, 5) is 13.2. The molecule has 122 valence electrons. The number of benzene rings is 1. The molecule has 0 bridgehead atoms. The summed E-state index contributed by atoms with van der Waals surface area (Å²) >= 11 is 4.89. The summed E-state index contributed by atoms with van der Waals surface area (Å²) in [5, 5.41) is 0. The molecule has 0 atom stereocenters. The van der Waals surface area contributed by atoms with Crippen molar-refractivity contribution in [3.05, 3.63) is 56.7 Å². The van der Waals surface area contributed by atoms with E-state index in [0.29, 0.717) is 12.1 Å². The molecule has 0 radical (unpaired) electrons. The van der Waals surface area contributed by atoms with Gasteiger partial charge in [-0.25, -0.2) is 13.1 Å². The van der Waals surface area contributed by atoms with Crippen LogP contribution in [-0.2, 0) is 10.0 Å². The van der Waals surface area contributed by atoms with Crippen molar-refractivity contribution < 1.29 is 13.2 Å². The quantitative estimate of drug-likeness (QED) is 0.548. The van der Waals surface area contributed by atoms with E-state index >= 15 is 0 Å². The van der Waals surface area contributed by atoms with Crippen LogP contribution >= 0.6 is 27.3 Å². The first kappa shape index (κ1) is 18.1. The second-order valence-corrected chi connectivity index (χ2v) is 9.02. The van der Waals surface area contributed by atoms with Crippen molar-refractivity contribution in [3.8, 4) is 0 Å². The average molecular weight is 414 g/mol. The lowest BCUT2D eigenvalue weighted by molar-refractivity contribution is 0.104. The molecule has 0 spiro atoms. The van der Waals surface area contributed by atoms with Gasteiger partial charge in [0.25, 0.3) is 0 Å². The Morgan fingerprint density at radius 1 is 1.22 bits per heavy atom. The van der Waals surface area contributed by atoms with Crippen LogP contribution in [0.4, 0.5) is 0 Å². The van der Waals surface area contributed by atoms with E-state index in [-0.39, 0.29) is 10.7 Å². The zero-order valence-electron chi connectivity index (χ0n) is 12.5. The molecule has 1 aromatic heterocycles. The van der Waals surface area contributed by atoms with Crippen molar-refractivity contribution in [2.24, 2.45) is 0 Å². The number of carbonyl (C=O) groups is 1. The number of thiophene rings is 1. The molecule has 2 rings (SSSR count). The van der Waals surface area contributed by atoms with Crippen LogP contribution in [0.25, 0.3) is 6.08 Å². The predicted molar refractivity (Wildman–Crippen MR) is 97.3 cm³/mol. The number of sulfonamides is 1. The average Bonchev–Trinajstić information content (AvgIpc) is 2.96. The van der Waals surface area contributed by atoms with Crippen LogP contribution < -0.4 is 4.72 Å². The van der Waals surface area contributed by atoms with Gasteiger partial charge in [0.15, 0.2) is 5.78 Å². The maximum absolute atomic E-state index is 12.1. The van der Waals surface area contributed by atoms with Crippen molar-refractivity contribution in [2.45, 2.75) is 18.2 Å². The van der Waals surface area contributed by atoms with Crippen molar-refractivity contribution in [3.63, 3.8) is 0 Å². The van der Waals surface area contributed by atoms with Crippen LogP contribution in [0.5, 0.6) is 0 Å². The highest BCUT2D eigenvalue weighted by Crippen LogP contribution is 2.23. The minimum Gasteiger partial charge on any atom is -0.289 e. The van der Waals surface area contributed by atoms with Crippen LogP contribution in [0.1, 0.15) is 28.6 Å². The molecule has 0 saturated heterocycles. The summed E-state index contributed by atoms with van der Waals surface area (Å²) in [7, 11) is -3.50. The van der Waals surface area contributed by atoms with Gasteiger partial charge in [0.05, 0.1) is 8.68 Å². The molecule has 23 heavy (non-hydrogen) atoms. The molecule has 1 heterocycles. The normalized spacial score (nSPS) is 11.9. The van der Waals surface area contributed by atoms with E-state index in [0.717, 1.165) is 15.1 Å². The van der Waals surface area contributed by atoms with Gasteiger partial charge in [-0.1, -0.05) is 6.92 Å². The zero-order chi connectivity index (χ0) is 16.9. The summed E-state index contributed by atoms with van der Waals surface area (Å²) in [5.74, 6) is -0.167. The number of hydrogen-bond acceptors (Lipinski definition) is 4. The minimum absolute atomic E-state index is 0.161. The second kappa shape index (κ2) is 8.01. The molecule has 0 amide bonds. The van der Waals surface area contributed by atoms with Gasteiger partial charge in [0.1, 0.15) is 0 Å². The SMILES string of the molecule is CCCNS(=O)(=O)c1ccc(C(=O)/C=C/c2ccc(Br)s2)cc1. The number of hydrogen-bond donors (Lipinski definition) is 1. The Morgan fingerprint density at radius 2 is 1.91 bits per heavy atom. The molecule has 7 heteroatoms. The summed E-state index contributed by atoms with van der Waals surface area (Å²) in [6, 6.07) is 9.77. The Kier molecular flexibility index (Phi) is 6.29. The first-order valence-electron chi connectivity index (χ1n) is 7.00. The fraction of sp³-hybridized carbons (Fsp3) is 0.188. The fourth-order valence-corrected chi connectivity index (χ4v) is 4.25. The number of allylic oxidation sites excluding steroid dienone is 1. The van der Waals surface area contributed by atoms with Crippen LogP contribution in [0.3, 0.4) is 0 Å². The molecule has 4 nitrogen and oxygen atoms in total. The van der Waals surface area contributed by atoms with Gasteiger partial charge in [-0.05, 0) is 70.9 Å². The van der Waals surface area contributed by atoms with Crippen LogP contribution in [0, 0.1) is 0 Å². The maximum Gasteiger partial charge on any atom is 0.240 e. The highest BCUT2D eigenvalue weighted by atomic mass is 79.9. The Bertz CT molecular complexity index is 808. The summed E-state index contributed by atoms with van der Waals surface area (Å²) < 4.78 is 27.4. The van der Waals surface area contributed by atoms with E-state index in [1.165, 1.54) is 41.7 Å². The largest absolute Gasteiger partial charge is 0.289 e. The smallest absolute Gasteiger partial charge is 0.240 e. The van der Waals surface area contributed by atoms with Crippen molar-refractivity contribution in [2.75, 3.05) is 6.54 Å². The molecule has 1 aromatic carbocycles. The molecule has 1 N–H and O–H groups in total. The summed E-state index contributed by atoms with van der Waals surface area (Å²) in [6.07, 6.45) is 3.95. The molecule has 0 unspecified atom stereocenters. The Morgan fingerprint density at radius 3 is 2.48 bits per heavy atom. The van der Waals surface area contributed by atoms with E-state index in [9.17, 15) is 13.2 Å². The standard InChI is InChI=1S/C16H16BrNO3S2/c1-2-11-18-23(20,21)14-7-3-12(4-8-14)15(19)9-5-13-6-10-16(17)22-13/h3-10,18H,2,11H2,1H3/b9-5+. The van der Waals surface area contributed by atoms with Gasteiger partial charge >= 0.3 is 0 Å². The van der Waals surface area contributed by atoms with E-state index in [1.54, 1.807) is 6.08 Å². The number of ketones is 1. The summed E-state index contributed by atoms with van der Waals surface area (Å²) in [6.45, 7) is 2.28. The van der Waals surface area contributed by atoms with E-state index in [2.05, 4.69) is 20.7 Å². The molecule has 2 aromatic rings. The van der Waals surface area contributed by atoms with E-state index < -0.39 is 10.0 Å². The number of carbonyl (C=O) groups excluding carboxylic acids is 1. The number of halogens is 1. The lowest BCUT2D eigenvalue weighted by Gasteiger charge is -2.05. The summed E-state index contributed by atoms with van der Waals surface area (Å²) in [5.41, 5.74) is 0.450. The van der Waals surface area contributed by atoms with Crippen LogP contribution in [0.2, 0.25) is 0 Å². The Labute approximate surface area is 148 Å². The van der Waals surface area contributed by atoms with Gasteiger partial charge in [-0.2, -0.15) is 0 Å². The van der Waals surface area contributed by atoms with Gasteiger partial charge in [0, 0.05) is 17.0 Å². The van der Waals surface area contributed by atoms with Crippen LogP contribution in [0.15, 0.2) is 51.2 Å². The lowest BCUT2D eigenvalue weighted by atomic mass is 10.1. The van der Waals surface area contributed by atoms with Crippen molar-refractivity contribution in [1.29, 1.82) is 0 Å². The topological polar surface area (TPSA) is 63.2 Å². The molecule has 0 saturated carbocycles. The molecule has 0 fully saturated rings. The lowest BCUT2D eigenvalue weighted by Crippen LogP contribution is -2.24. The maximum atomic E-state index is 12.1. The zero-order valence-corrected chi connectivity index (χ0v) is 15.7. The van der Waals surface area contributed by atoms with Crippen LogP contribution in [-0.4, -0.2) is 20.7 Å². The third-order valence-electron chi connectivity index (χ3n) is 2.98. The van der Waals surface area contributed by atoms with E-state index in [1.807, 2.05) is 19.1 Å². The number of nitrogens with one attached hydrogen (secondary N) is 1. The number of rotatable bonds is 7. The fourth-order valence-electron chi connectivity index (χ4n) is 1.79. The highest BCUT2D eigenvalue weighted by molar-refractivity contribution is 9.11. The Hall–Kier alpha value is -1.28. The van der Waals surface area contributed by atoms with Gasteiger partial charge in [-0.3, -0.25) is 4.79 Å².